The van der Waals surface area contributed by atoms with E-state index in [4.69, 9.17) is 0 Å². The number of hydrogen-bond donors (Lipinski definition) is 1. The van der Waals surface area contributed by atoms with Crippen LogP contribution in [-0.2, 0) is 4.79 Å². The Bertz CT molecular complexity index is 180. The van der Waals surface area contributed by atoms with Crippen LogP contribution >= 0.6 is 0 Å². The summed E-state index contributed by atoms with van der Waals surface area (Å²) < 4.78 is 0. The molecule has 0 aromatic carbocycles. The molecular formula is C10H20N2O. The van der Waals surface area contributed by atoms with Gasteiger partial charge in [0.2, 0.25) is 5.91 Å². The van der Waals surface area contributed by atoms with Crippen molar-refractivity contribution in [2.75, 3.05) is 19.6 Å². The van der Waals surface area contributed by atoms with Gasteiger partial charge in [-0.3, -0.25) is 4.79 Å². The van der Waals surface area contributed by atoms with Crippen LogP contribution in [0.1, 0.15) is 27.2 Å². The molecule has 1 fully saturated rings. The fourth-order valence-corrected chi connectivity index (χ4v) is 1.56. The van der Waals surface area contributed by atoms with Crippen LogP contribution in [0.4, 0.5) is 0 Å². The minimum atomic E-state index is 0.248. The topological polar surface area (TPSA) is 32.3 Å². The Morgan fingerprint density at radius 1 is 1.62 bits per heavy atom. The number of rotatable bonds is 3. The van der Waals surface area contributed by atoms with Gasteiger partial charge in [0, 0.05) is 19.1 Å². The maximum Gasteiger partial charge on any atom is 0.236 e. The second-order valence-electron chi connectivity index (χ2n) is 4.27. The normalized spacial score (nSPS) is 22.8. The number of amides is 1. The van der Waals surface area contributed by atoms with Gasteiger partial charge in [0.25, 0.3) is 0 Å². The summed E-state index contributed by atoms with van der Waals surface area (Å²) in [5, 5.41) is 3.15. The average Bonchev–Trinajstić information content (AvgIpc) is 2.47. The van der Waals surface area contributed by atoms with E-state index in [9.17, 15) is 4.79 Å². The third-order valence-electron chi connectivity index (χ3n) is 2.44. The van der Waals surface area contributed by atoms with Gasteiger partial charge >= 0.3 is 0 Å². The van der Waals surface area contributed by atoms with E-state index in [1.165, 1.54) is 0 Å². The molecule has 1 aliphatic heterocycles. The lowest BCUT2D eigenvalue weighted by molar-refractivity contribution is -0.129. The SMILES string of the molecule is CC1CCN(C(=O)CNC(C)C)C1. The Labute approximate surface area is 80.5 Å². The first kappa shape index (κ1) is 10.5. The van der Waals surface area contributed by atoms with Gasteiger partial charge in [-0.05, 0) is 12.3 Å². The lowest BCUT2D eigenvalue weighted by Crippen LogP contribution is -2.38. The summed E-state index contributed by atoms with van der Waals surface area (Å²) in [4.78, 5) is 13.5. The Morgan fingerprint density at radius 3 is 2.77 bits per heavy atom. The smallest absolute Gasteiger partial charge is 0.236 e. The molecule has 1 saturated heterocycles. The van der Waals surface area contributed by atoms with Crippen LogP contribution in [0.25, 0.3) is 0 Å². The van der Waals surface area contributed by atoms with Crippen molar-refractivity contribution in [3.05, 3.63) is 0 Å². The van der Waals surface area contributed by atoms with Crippen LogP contribution in [0.2, 0.25) is 0 Å². The molecule has 1 atom stereocenters. The van der Waals surface area contributed by atoms with Crippen molar-refractivity contribution in [3.63, 3.8) is 0 Å². The minimum Gasteiger partial charge on any atom is -0.341 e. The number of nitrogens with one attached hydrogen (secondary N) is 1. The molecule has 0 aliphatic carbocycles. The minimum absolute atomic E-state index is 0.248. The molecule has 1 rings (SSSR count). The summed E-state index contributed by atoms with van der Waals surface area (Å²) >= 11 is 0. The standard InChI is InChI=1S/C10H20N2O/c1-8(2)11-6-10(13)12-5-4-9(3)7-12/h8-9,11H,4-7H2,1-3H3. The molecule has 0 saturated carbocycles. The highest BCUT2D eigenvalue weighted by Gasteiger charge is 2.22. The van der Waals surface area contributed by atoms with Crippen LogP contribution in [0.5, 0.6) is 0 Å². The van der Waals surface area contributed by atoms with Crippen LogP contribution < -0.4 is 5.32 Å². The van der Waals surface area contributed by atoms with Crippen molar-refractivity contribution in [3.8, 4) is 0 Å². The molecule has 1 amide bonds. The lowest BCUT2D eigenvalue weighted by atomic mass is 10.2. The summed E-state index contributed by atoms with van der Waals surface area (Å²) in [6.45, 7) is 8.69. The molecule has 1 N–H and O–H groups in total. The van der Waals surface area contributed by atoms with Crippen molar-refractivity contribution in [1.82, 2.24) is 10.2 Å². The molecular weight excluding hydrogens is 164 g/mol. The first-order chi connectivity index (χ1) is 6.09. The van der Waals surface area contributed by atoms with Gasteiger partial charge in [0.1, 0.15) is 0 Å². The van der Waals surface area contributed by atoms with Gasteiger partial charge in [-0.25, -0.2) is 0 Å². The van der Waals surface area contributed by atoms with Gasteiger partial charge in [-0.1, -0.05) is 20.8 Å². The molecule has 1 aliphatic rings. The summed E-state index contributed by atoms with van der Waals surface area (Å²) in [6, 6.07) is 0.393. The largest absolute Gasteiger partial charge is 0.341 e. The number of carbonyl (C=O) groups is 1. The third-order valence-corrected chi connectivity index (χ3v) is 2.44. The zero-order valence-electron chi connectivity index (χ0n) is 8.84. The Kier molecular flexibility index (Phi) is 3.72. The van der Waals surface area contributed by atoms with E-state index in [0.29, 0.717) is 18.5 Å². The van der Waals surface area contributed by atoms with Crippen molar-refractivity contribution in [1.29, 1.82) is 0 Å². The van der Waals surface area contributed by atoms with Crippen molar-refractivity contribution in [2.45, 2.75) is 33.2 Å². The fourth-order valence-electron chi connectivity index (χ4n) is 1.56. The molecule has 13 heavy (non-hydrogen) atoms. The van der Waals surface area contributed by atoms with Gasteiger partial charge in [0.15, 0.2) is 0 Å². The highest BCUT2D eigenvalue weighted by atomic mass is 16.2. The molecule has 0 spiro atoms. The third kappa shape index (κ3) is 3.35. The molecule has 3 heteroatoms. The van der Waals surface area contributed by atoms with Crippen molar-refractivity contribution < 1.29 is 4.79 Å². The van der Waals surface area contributed by atoms with Gasteiger partial charge < -0.3 is 10.2 Å². The highest BCUT2D eigenvalue weighted by molar-refractivity contribution is 5.78. The van der Waals surface area contributed by atoms with E-state index < -0.39 is 0 Å². The number of nitrogens with zero attached hydrogens (tertiary/aromatic N) is 1. The van der Waals surface area contributed by atoms with Crippen molar-refractivity contribution >= 4 is 5.91 Å². The predicted octanol–water partition coefficient (Wildman–Crippen LogP) is 0.853. The first-order valence-corrected chi connectivity index (χ1v) is 5.10. The number of hydrogen-bond acceptors (Lipinski definition) is 2. The summed E-state index contributed by atoms with van der Waals surface area (Å²) in [7, 11) is 0. The van der Waals surface area contributed by atoms with E-state index in [2.05, 4.69) is 26.1 Å². The van der Waals surface area contributed by atoms with Crippen LogP contribution in [-0.4, -0.2) is 36.5 Å². The maximum absolute atomic E-state index is 11.6. The van der Waals surface area contributed by atoms with E-state index >= 15 is 0 Å². The van der Waals surface area contributed by atoms with Crippen molar-refractivity contribution in [2.24, 2.45) is 5.92 Å². The van der Waals surface area contributed by atoms with E-state index in [0.717, 1.165) is 19.5 Å². The fraction of sp³-hybridized carbons (Fsp3) is 0.900. The molecule has 0 bridgehead atoms. The second kappa shape index (κ2) is 4.61. The van der Waals surface area contributed by atoms with Crippen LogP contribution in [0, 0.1) is 5.92 Å². The second-order valence-corrected chi connectivity index (χ2v) is 4.27. The Balaban J connectivity index is 2.24. The Morgan fingerprint density at radius 2 is 2.31 bits per heavy atom. The van der Waals surface area contributed by atoms with Gasteiger partial charge in [-0.15, -0.1) is 0 Å². The first-order valence-electron chi connectivity index (χ1n) is 5.10. The number of likely N-dealkylation sites (tertiary alicyclic amines) is 1. The molecule has 1 heterocycles. The summed E-state index contributed by atoms with van der Waals surface area (Å²) in [5.41, 5.74) is 0. The Hall–Kier alpha value is -0.570. The average molecular weight is 184 g/mol. The zero-order valence-corrected chi connectivity index (χ0v) is 8.84. The highest BCUT2D eigenvalue weighted by Crippen LogP contribution is 2.14. The molecule has 3 nitrogen and oxygen atoms in total. The molecule has 0 aromatic heterocycles. The van der Waals surface area contributed by atoms with E-state index in [1.54, 1.807) is 0 Å². The quantitative estimate of drug-likeness (QED) is 0.705. The summed E-state index contributed by atoms with van der Waals surface area (Å²) in [6.07, 6.45) is 1.16. The van der Waals surface area contributed by atoms with Gasteiger partial charge in [-0.2, -0.15) is 0 Å². The molecule has 0 aromatic rings. The van der Waals surface area contributed by atoms with E-state index in [1.807, 2.05) is 4.90 Å². The van der Waals surface area contributed by atoms with Gasteiger partial charge in [0.05, 0.1) is 6.54 Å². The molecule has 1 unspecified atom stereocenters. The summed E-state index contributed by atoms with van der Waals surface area (Å²) in [5.74, 6) is 0.932. The zero-order chi connectivity index (χ0) is 9.84. The predicted molar refractivity (Wildman–Crippen MR) is 53.5 cm³/mol. The van der Waals surface area contributed by atoms with E-state index in [-0.39, 0.29) is 5.91 Å². The lowest BCUT2D eigenvalue weighted by Gasteiger charge is -2.17. The molecule has 0 radical (unpaired) electrons. The van der Waals surface area contributed by atoms with Crippen LogP contribution in [0.3, 0.4) is 0 Å². The molecule has 76 valence electrons. The monoisotopic (exact) mass is 184 g/mol. The van der Waals surface area contributed by atoms with Crippen LogP contribution in [0.15, 0.2) is 0 Å². The number of carbonyl (C=O) groups excluding carboxylic acids is 1. The maximum atomic E-state index is 11.6.